The summed E-state index contributed by atoms with van der Waals surface area (Å²) in [6.07, 6.45) is 5.90. The van der Waals surface area contributed by atoms with Crippen LogP contribution in [0.2, 0.25) is 0 Å². The Morgan fingerprint density at radius 1 is 1.05 bits per heavy atom. The van der Waals surface area contributed by atoms with Crippen LogP contribution in [-0.4, -0.2) is 51.8 Å². The van der Waals surface area contributed by atoms with Gasteiger partial charge in [0.2, 0.25) is 11.9 Å². The van der Waals surface area contributed by atoms with E-state index < -0.39 is 0 Å². The SMILES string of the molecule is Cc1nnc(N2CCN(C(=O)C3CCCCC3)CC2)n1C. The van der Waals surface area contributed by atoms with Gasteiger partial charge in [-0.05, 0) is 19.8 Å². The highest BCUT2D eigenvalue weighted by molar-refractivity contribution is 5.79. The molecule has 3 rings (SSSR count). The van der Waals surface area contributed by atoms with E-state index in [4.69, 9.17) is 0 Å². The first kappa shape index (κ1) is 14.4. The summed E-state index contributed by atoms with van der Waals surface area (Å²) in [6, 6.07) is 0. The van der Waals surface area contributed by atoms with Crippen LogP contribution in [0.4, 0.5) is 5.95 Å². The second-order valence-corrected chi connectivity index (χ2v) is 6.25. The van der Waals surface area contributed by atoms with Gasteiger partial charge in [0.1, 0.15) is 5.82 Å². The molecule has 1 aliphatic heterocycles. The second kappa shape index (κ2) is 6.03. The Morgan fingerprint density at radius 2 is 1.71 bits per heavy atom. The lowest BCUT2D eigenvalue weighted by molar-refractivity contribution is -0.136. The number of rotatable bonds is 2. The Kier molecular flexibility index (Phi) is 4.12. The lowest BCUT2D eigenvalue weighted by Crippen LogP contribution is -2.51. The highest BCUT2D eigenvalue weighted by atomic mass is 16.2. The average Bonchev–Trinajstić information content (AvgIpc) is 2.87. The Balaban J connectivity index is 1.57. The number of hydrogen-bond acceptors (Lipinski definition) is 4. The minimum absolute atomic E-state index is 0.280. The van der Waals surface area contributed by atoms with E-state index >= 15 is 0 Å². The first-order valence-electron chi connectivity index (χ1n) is 8.06. The van der Waals surface area contributed by atoms with Gasteiger partial charge in [0.25, 0.3) is 0 Å². The Hall–Kier alpha value is -1.59. The van der Waals surface area contributed by atoms with Gasteiger partial charge in [0.15, 0.2) is 0 Å². The third-order valence-corrected chi connectivity index (χ3v) is 4.90. The van der Waals surface area contributed by atoms with E-state index in [9.17, 15) is 4.79 Å². The normalized spacial score (nSPS) is 20.9. The van der Waals surface area contributed by atoms with Crippen LogP contribution in [0.5, 0.6) is 0 Å². The quantitative estimate of drug-likeness (QED) is 0.825. The van der Waals surface area contributed by atoms with Gasteiger partial charge < -0.3 is 14.4 Å². The van der Waals surface area contributed by atoms with Crippen molar-refractivity contribution in [3.05, 3.63) is 5.82 Å². The van der Waals surface area contributed by atoms with E-state index in [1.54, 1.807) is 0 Å². The first-order valence-corrected chi connectivity index (χ1v) is 8.06. The molecule has 116 valence electrons. The van der Waals surface area contributed by atoms with Crippen molar-refractivity contribution in [3.8, 4) is 0 Å². The van der Waals surface area contributed by atoms with E-state index in [0.717, 1.165) is 50.8 Å². The summed E-state index contributed by atoms with van der Waals surface area (Å²) in [5.74, 6) is 2.49. The maximum atomic E-state index is 12.5. The molecular formula is C15H25N5O. The van der Waals surface area contributed by atoms with Crippen molar-refractivity contribution in [1.29, 1.82) is 0 Å². The number of aromatic nitrogens is 3. The van der Waals surface area contributed by atoms with Crippen LogP contribution in [0.3, 0.4) is 0 Å². The van der Waals surface area contributed by atoms with Crippen molar-refractivity contribution in [2.24, 2.45) is 13.0 Å². The minimum atomic E-state index is 0.280. The topological polar surface area (TPSA) is 54.3 Å². The number of hydrogen-bond donors (Lipinski definition) is 0. The van der Waals surface area contributed by atoms with Crippen LogP contribution in [0.25, 0.3) is 0 Å². The van der Waals surface area contributed by atoms with Crippen LogP contribution < -0.4 is 4.90 Å². The van der Waals surface area contributed by atoms with Gasteiger partial charge >= 0.3 is 0 Å². The molecule has 1 saturated heterocycles. The summed E-state index contributed by atoms with van der Waals surface area (Å²) in [7, 11) is 1.99. The predicted molar refractivity (Wildman–Crippen MR) is 81.1 cm³/mol. The summed E-state index contributed by atoms with van der Waals surface area (Å²) in [5.41, 5.74) is 0. The zero-order chi connectivity index (χ0) is 14.8. The number of amides is 1. The molecule has 0 unspecified atom stereocenters. The largest absolute Gasteiger partial charge is 0.339 e. The van der Waals surface area contributed by atoms with Crippen LogP contribution in [0.15, 0.2) is 0 Å². The van der Waals surface area contributed by atoms with E-state index in [1.807, 2.05) is 18.5 Å². The van der Waals surface area contributed by atoms with Crippen LogP contribution in [0, 0.1) is 12.8 Å². The standard InChI is InChI=1S/C15H25N5O/c1-12-16-17-15(18(12)2)20-10-8-19(9-11-20)14(21)13-6-4-3-5-7-13/h13H,3-11H2,1-2H3. The molecular weight excluding hydrogens is 266 g/mol. The predicted octanol–water partition coefficient (Wildman–Crippen LogP) is 1.35. The molecule has 1 saturated carbocycles. The molecule has 2 heterocycles. The highest BCUT2D eigenvalue weighted by Crippen LogP contribution is 2.26. The van der Waals surface area contributed by atoms with Crippen molar-refractivity contribution in [2.45, 2.75) is 39.0 Å². The molecule has 1 aliphatic carbocycles. The van der Waals surface area contributed by atoms with Crippen LogP contribution in [-0.2, 0) is 11.8 Å². The monoisotopic (exact) mass is 291 g/mol. The average molecular weight is 291 g/mol. The molecule has 6 heteroatoms. The summed E-state index contributed by atoms with van der Waals surface area (Å²) in [4.78, 5) is 16.8. The number of nitrogens with zero attached hydrogens (tertiary/aromatic N) is 5. The molecule has 6 nitrogen and oxygen atoms in total. The molecule has 0 spiro atoms. The van der Waals surface area contributed by atoms with Crippen LogP contribution >= 0.6 is 0 Å². The van der Waals surface area contributed by atoms with Gasteiger partial charge in [-0.25, -0.2) is 0 Å². The van der Waals surface area contributed by atoms with Gasteiger partial charge in [-0.1, -0.05) is 19.3 Å². The molecule has 0 aromatic carbocycles. The molecule has 2 fully saturated rings. The van der Waals surface area contributed by atoms with E-state index in [-0.39, 0.29) is 5.92 Å². The van der Waals surface area contributed by atoms with Crippen molar-refractivity contribution in [1.82, 2.24) is 19.7 Å². The fourth-order valence-corrected chi connectivity index (χ4v) is 3.41. The fraction of sp³-hybridized carbons (Fsp3) is 0.800. The lowest BCUT2D eigenvalue weighted by Gasteiger charge is -2.37. The Morgan fingerprint density at radius 3 is 2.29 bits per heavy atom. The van der Waals surface area contributed by atoms with Gasteiger partial charge in [0, 0.05) is 39.1 Å². The number of anilines is 1. The molecule has 1 aromatic heterocycles. The minimum Gasteiger partial charge on any atom is -0.339 e. The summed E-state index contributed by atoms with van der Waals surface area (Å²) in [6.45, 7) is 5.27. The molecule has 1 amide bonds. The van der Waals surface area contributed by atoms with E-state index in [1.165, 1.54) is 19.3 Å². The Labute approximate surface area is 126 Å². The van der Waals surface area contributed by atoms with E-state index in [0.29, 0.717) is 5.91 Å². The molecule has 1 aromatic rings. The van der Waals surface area contributed by atoms with E-state index in [2.05, 4.69) is 20.0 Å². The fourth-order valence-electron chi connectivity index (χ4n) is 3.41. The molecule has 0 N–H and O–H groups in total. The van der Waals surface area contributed by atoms with Crippen molar-refractivity contribution in [2.75, 3.05) is 31.1 Å². The maximum absolute atomic E-state index is 12.5. The van der Waals surface area contributed by atoms with Gasteiger partial charge in [-0.15, -0.1) is 10.2 Å². The van der Waals surface area contributed by atoms with Crippen molar-refractivity contribution >= 4 is 11.9 Å². The van der Waals surface area contributed by atoms with Gasteiger partial charge in [0.05, 0.1) is 0 Å². The third-order valence-electron chi connectivity index (χ3n) is 4.90. The number of piperazine rings is 1. The number of carbonyl (C=O) groups is 1. The molecule has 0 radical (unpaired) electrons. The van der Waals surface area contributed by atoms with Gasteiger partial charge in [-0.3, -0.25) is 4.79 Å². The number of aryl methyl sites for hydroxylation is 1. The van der Waals surface area contributed by atoms with Crippen molar-refractivity contribution < 1.29 is 4.79 Å². The van der Waals surface area contributed by atoms with Crippen LogP contribution in [0.1, 0.15) is 37.9 Å². The number of carbonyl (C=O) groups excluding carboxylic acids is 1. The van der Waals surface area contributed by atoms with Gasteiger partial charge in [-0.2, -0.15) is 0 Å². The summed E-state index contributed by atoms with van der Waals surface area (Å²) < 4.78 is 2.01. The summed E-state index contributed by atoms with van der Waals surface area (Å²) in [5, 5.41) is 8.34. The smallest absolute Gasteiger partial charge is 0.227 e. The highest BCUT2D eigenvalue weighted by Gasteiger charge is 2.29. The molecule has 2 aliphatic rings. The molecule has 21 heavy (non-hydrogen) atoms. The lowest BCUT2D eigenvalue weighted by atomic mass is 9.88. The zero-order valence-corrected chi connectivity index (χ0v) is 13.1. The second-order valence-electron chi connectivity index (χ2n) is 6.25. The molecule has 0 atom stereocenters. The first-order chi connectivity index (χ1) is 10.2. The summed E-state index contributed by atoms with van der Waals surface area (Å²) >= 11 is 0. The zero-order valence-electron chi connectivity index (χ0n) is 13.1. The van der Waals surface area contributed by atoms with Crippen molar-refractivity contribution in [3.63, 3.8) is 0 Å². The molecule has 0 bridgehead atoms. The maximum Gasteiger partial charge on any atom is 0.227 e. The Bertz CT molecular complexity index is 498. The third kappa shape index (κ3) is 2.89.